The average Bonchev–Trinajstić information content (AvgIpc) is 2.01. The molecule has 1 aliphatic heterocycles. The third kappa shape index (κ3) is 0.994. The van der Waals surface area contributed by atoms with Crippen LogP contribution in [0, 0.1) is 0 Å². The Bertz CT molecular complexity index is 257. The first-order chi connectivity index (χ1) is 5.42. The number of hydrogen-bond acceptors (Lipinski definition) is 2. The Kier molecular flexibility index (Phi) is 1.55. The standard InChI is InChI=1S/C9H10O2/c1-2-10-9-7-5-3-4-6-8(7)11-9/h3-6,9H,2H2,1H3. The molecule has 0 aromatic heterocycles. The van der Waals surface area contributed by atoms with E-state index in [9.17, 15) is 0 Å². The molecule has 1 aromatic rings. The third-order valence-electron chi connectivity index (χ3n) is 1.72. The van der Waals surface area contributed by atoms with Crippen molar-refractivity contribution in [3.63, 3.8) is 0 Å². The van der Waals surface area contributed by atoms with Crippen molar-refractivity contribution in [2.75, 3.05) is 6.61 Å². The van der Waals surface area contributed by atoms with Crippen LogP contribution in [0.25, 0.3) is 0 Å². The summed E-state index contributed by atoms with van der Waals surface area (Å²) in [6.07, 6.45) is -0.115. The van der Waals surface area contributed by atoms with Crippen LogP contribution in [0.3, 0.4) is 0 Å². The Morgan fingerprint density at radius 1 is 1.45 bits per heavy atom. The molecule has 0 radical (unpaired) electrons. The van der Waals surface area contributed by atoms with E-state index in [0.717, 1.165) is 11.3 Å². The molecule has 0 amide bonds. The molecule has 1 unspecified atom stereocenters. The summed E-state index contributed by atoms with van der Waals surface area (Å²) in [5.41, 5.74) is 1.16. The Hall–Kier alpha value is -1.02. The van der Waals surface area contributed by atoms with Crippen LogP contribution in [0.1, 0.15) is 18.8 Å². The zero-order chi connectivity index (χ0) is 7.68. The van der Waals surface area contributed by atoms with Crippen molar-refractivity contribution in [2.45, 2.75) is 13.2 Å². The van der Waals surface area contributed by atoms with Gasteiger partial charge in [0, 0.05) is 6.61 Å². The van der Waals surface area contributed by atoms with Crippen molar-refractivity contribution in [3.8, 4) is 5.75 Å². The lowest BCUT2D eigenvalue weighted by molar-refractivity contribution is -0.110. The Labute approximate surface area is 65.7 Å². The summed E-state index contributed by atoms with van der Waals surface area (Å²) in [6, 6.07) is 7.93. The van der Waals surface area contributed by atoms with Crippen molar-refractivity contribution in [2.24, 2.45) is 0 Å². The summed E-state index contributed by atoms with van der Waals surface area (Å²) in [5.74, 6) is 0.950. The molecule has 2 rings (SSSR count). The Morgan fingerprint density at radius 2 is 2.27 bits per heavy atom. The van der Waals surface area contributed by atoms with Gasteiger partial charge in [0.15, 0.2) is 0 Å². The minimum Gasteiger partial charge on any atom is -0.460 e. The lowest BCUT2D eigenvalue weighted by Crippen LogP contribution is -2.21. The molecule has 0 saturated carbocycles. The molecule has 2 heteroatoms. The first kappa shape index (κ1) is 6.68. The van der Waals surface area contributed by atoms with E-state index < -0.39 is 0 Å². The van der Waals surface area contributed by atoms with Crippen LogP contribution in [0.2, 0.25) is 0 Å². The molecule has 2 nitrogen and oxygen atoms in total. The van der Waals surface area contributed by atoms with Gasteiger partial charge >= 0.3 is 0 Å². The highest BCUT2D eigenvalue weighted by molar-refractivity contribution is 5.40. The maximum atomic E-state index is 5.30. The number of hydrogen-bond donors (Lipinski definition) is 0. The van der Waals surface area contributed by atoms with Crippen LogP contribution in [-0.4, -0.2) is 6.61 Å². The highest BCUT2D eigenvalue weighted by Gasteiger charge is 2.27. The van der Waals surface area contributed by atoms with E-state index >= 15 is 0 Å². The highest BCUT2D eigenvalue weighted by atomic mass is 16.7. The zero-order valence-corrected chi connectivity index (χ0v) is 6.41. The van der Waals surface area contributed by atoms with Crippen LogP contribution in [0.4, 0.5) is 0 Å². The molecule has 0 N–H and O–H groups in total. The van der Waals surface area contributed by atoms with E-state index in [4.69, 9.17) is 9.47 Å². The predicted molar refractivity (Wildman–Crippen MR) is 41.4 cm³/mol. The molecule has 58 valence electrons. The summed E-state index contributed by atoms with van der Waals surface area (Å²) in [4.78, 5) is 0. The van der Waals surface area contributed by atoms with Gasteiger partial charge in [0.05, 0.1) is 5.56 Å². The lowest BCUT2D eigenvalue weighted by Gasteiger charge is -2.29. The quantitative estimate of drug-likeness (QED) is 0.642. The van der Waals surface area contributed by atoms with E-state index in [1.165, 1.54) is 0 Å². The number of benzene rings is 1. The van der Waals surface area contributed by atoms with Gasteiger partial charge in [-0.15, -0.1) is 0 Å². The van der Waals surface area contributed by atoms with E-state index in [-0.39, 0.29) is 6.29 Å². The monoisotopic (exact) mass is 150 g/mol. The average molecular weight is 150 g/mol. The zero-order valence-electron chi connectivity index (χ0n) is 6.41. The van der Waals surface area contributed by atoms with Crippen molar-refractivity contribution >= 4 is 0 Å². The predicted octanol–water partition coefficient (Wildman–Crippen LogP) is 2.11. The maximum absolute atomic E-state index is 5.30. The number of rotatable bonds is 2. The largest absolute Gasteiger partial charge is 0.460 e. The second kappa shape index (κ2) is 2.55. The van der Waals surface area contributed by atoms with Gasteiger partial charge in [-0.05, 0) is 19.1 Å². The molecule has 0 spiro atoms. The Balaban J connectivity index is 2.16. The van der Waals surface area contributed by atoms with Crippen molar-refractivity contribution in [1.82, 2.24) is 0 Å². The maximum Gasteiger partial charge on any atom is 0.230 e. The third-order valence-corrected chi connectivity index (χ3v) is 1.72. The van der Waals surface area contributed by atoms with Crippen LogP contribution >= 0.6 is 0 Å². The van der Waals surface area contributed by atoms with E-state index in [0.29, 0.717) is 6.61 Å². The van der Waals surface area contributed by atoms with Crippen LogP contribution < -0.4 is 4.74 Å². The summed E-state index contributed by atoms with van der Waals surface area (Å²) in [7, 11) is 0. The smallest absolute Gasteiger partial charge is 0.230 e. The second-order valence-electron chi connectivity index (χ2n) is 2.44. The summed E-state index contributed by atoms with van der Waals surface area (Å²) in [5, 5.41) is 0. The van der Waals surface area contributed by atoms with Crippen molar-refractivity contribution in [1.29, 1.82) is 0 Å². The van der Waals surface area contributed by atoms with Gasteiger partial charge in [-0.2, -0.15) is 0 Å². The van der Waals surface area contributed by atoms with Gasteiger partial charge in [0.25, 0.3) is 0 Å². The van der Waals surface area contributed by atoms with Crippen LogP contribution in [0.5, 0.6) is 5.75 Å². The van der Waals surface area contributed by atoms with Crippen molar-refractivity contribution in [3.05, 3.63) is 29.8 Å². The molecular weight excluding hydrogens is 140 g/mol. The topological polar surface area (TPSA) is 18.5 Å². The lowest BCUT2D eigenvalue weighted by atomic mass is 10.1. The van der Waals surface area contributed by atoms with Gasteiger partial charge in [-0.3, -0.25) is 0 Å². The molecule has 0 saturated heterocycles. The van der Waals surface area contributed by atoms with Gasteiger partial charge in [0.2, 0.25) is 6.29 Å². The van der Waals surface area contributed by atoms with Gasteiger partial charge < -0.3 is 9.47 Å². The summed E-state index contributed by atoms with van der Waals surface area (Å²) >= 11 is 0. The number of fused-ring (bicyclic) bond motifs is 1. The first-order valence-electron chi connectivity index (χ1n) is 3.79. The van der Waals surface area contributed by atoms with E-state index in [1.54, 1.807) is 0 Å². The second-order valence-corrected chi connectivity index (χ2v) is 2.44. The molecule has 1 aromatic carbocycles. The highest BCUT2D eigenvalue weighted by Crippen LogP contribution is 2.38. The van der Waals surface area contributed by atoms with Gasteiger partial charge in [0.1, 0.15) is 5.75 Å². The number of ether oxygens (including phenoxy) is 2. The molecule has 11 heavy (non-hydrogen) atoms. The summed E-state index contributed by atoms with van der Waals surface area (Å²) in [6.45, 7) is 2.66. The van der Waals surface area contributed by atoms with Gasteiger partial charge in [-0.25, -0.2) is 0 Å². The van der Waals surface area contributed by atoms with E-state index in [2.05, 4.69) is 0 Å². The summed E-state index contributed by atoms with van der Waals surface area (Å²) < 4.78 is 10.6. The molecule has 0 fully saturated rings. The minimum absolute atomic E-state index is 0.115. The molecule has 0 bridgehead atoms. The van der Waals surface area contributed by atoms with Gasteiger partial charge in [-0.1, -0.05) is 12.1 Å². The Morgan fingerprint density at radius 3 is 3.00 bits per heavy atom. The van der Waals surface area contributed by atoms with Crippen LogP contribution in [-0.2, 0) is 4.74 Å². The normalized spacial score (nSPS) is 19.9. The molecule has 1 atom stereocenters. The molecule has 1 heterocycles. The molecule has 1 aliphatic rings. The number of para-hydroxylation sites is 1. The fraction of sp³-hybridized carbons (Fsp3) is 0.333. The molecular formula is C9H10O2. The van der Waals surface area contributed by atoms with E-state index in [1.807, 2.05) is 31.2 Å². The van der Waals surface area contributed by atoms with Crippen molar-refractivity contribution < 1.29 is 9.47 Å². The SMILES string of the molecule is CCOC1Oc2ccccc21. The fourth-order valence-corrected chi connectivity index (χ4v) is 1.18. The minimum atomic E-state index is -0.115. The van der Waals surface area contributed by atoms with Crippen LogP contribution in [0.15, 0.2) is 24.3 Å². The fourth-order valence-electron chi connectivity index (χ4n) is 1.18. The molecule has 0 aliphatic carbocycles. The first-order valence-corrected chi connectivity index (χ1v) is 3.79.